The first-order valence-electron chi connectivity index (χ1n) is 8.24. The maximum atomic E-state index is 13.1. The van der Waals surface area contributed by atoms with Crippen molar-refractivity contribution < 1.29 is 14.3 Å². The smallest absolute Gasteiger partial charge is 0.230 e. The van der Waals surface area contributed by atoms with Gasteiger partial charge in [-0.05, 0) is 32.7 Å². The van der Waals surface area contributed by atoms with E-state index in [2.05, 4.69) is 19.2 Å². The third-order valence-electron chi connectivity index (χ3n) is 4.43. The lowest BCUT2D eigenvalue weighted by atomic mass is 9.75. The SMILES string of the molecule is CCOCCN(CCOCC)C(=O)C1(C(C)C)CCNC1. The molecular weight excluding hydrogens is 268 g/mol. The Morgan fingerprint density at radius 2 is 1.76 bits per heavy atom. The van der Waals surface area contributed by atoms with Gasteiger partial charge in [-0.15, -0.1) is 0 Å². The van der Waals surface area contributed by atoms with Gasteiger partial charge in [0.25, 0.3) is 0 Å². The summed E-state index contributed by atoms with van der Waals surface area (Å²) in [6.45, 7) is 13.8. The average molecular weight is 300 g/mol. The van der Waals surface area contributed by atoms with Gasteiger partial charge in [0.2, 0.25) is 5.91 Å². The molecule has 1 aliphatic heterocycles. The van der Waals surface area contributed by atoms with E-state index in [4.69, 9.17) is 9.47 Å². The van der Waals surface area contributed by atoms with Crippen molar-refractivity contribution in [3.8, 4) is 0 Å². The predicted octanol–water partition coefficient (Wildman–Crippen LogP) is 1.52. The van der Waals surface area contributed by atoms with Crippen molar-refractivity contribution in [1.82, 2.24) is 10.2 Å². The van der Waals surface area contributed by atoms with Gasteiger partial charge >= 0.3 is 0 Å². The van der Waals surface area contributed by atoms with Crippen molar-refractivity contribution in [2.45, 2.75) is 34.1 Å². The van der Waals surface area contributed by atoms with Crippen LogP contribution in [0.15, 0.2) is 0 Å². The van der Waals surface area contributed by atoms with E-state index in [1.165, 1.54) is 0 Å². The molecule has 0 saturated carbocycles. The first-order valence-corrected chi connectivity index (χ1v) is 8.24. The summed E-state index contributed by atoms with van der Waals surface area (Å²) < 4.78 is 10.9. The predicted molar refractivity (Wildman–Crippen MR) is 84.3 cm³/mol. The van der Waals surface area contributed by atoms with Crippen molar-refractivity contribution in [2.75, 3.05) is 52.6 Å². The van der Waals surface area contributed by atoms with E-state index in [0.717, 1.165) is 19.5 Å². The number of carbonyl (C=O) groups is 1. The fourth-order valence-electron chi connectivity index (χ4n) is 2.90. The molecule has 1 heterocycles. The molecule has 124 valence electrons. The van der Waals surface area contributed by atoms with E-state index in [1.807, 2.05) is 18.7 Å². The minimum absolute atomic E-state index is 0.252. The molecule has 21 heavy (non-hydrogen) atoms. The van der Waals surface area contributed by atoms with Crippen molar-refractivity contribution in [2.24, 2.45) is 11.3 Å². The molecule has 0 aliphatic carbocycles. The summed E-state index contributed by atoms with van der Waals surface area (Å²) in [5, 5.41) is 3.35. The minimum atomic E-state index is -0.265. The minimum Gasteiger partial charge on any atom is -0.380 e. The molecule has 5 heteroatoms. The third-order valence-corrected chi connectivity index (χ3v) is 4.43. The molecule has 0 aromatic rings. The summed E-state index contributed by atoms with van der Waals surface area (Å²) in [6, 6.07) is 0. The largest absolute Gasteiger partial charge is 0.380 e. The fourth-order valence-corrected chi connectivity index (χ4v) is 2.90. The second-order valence-electron chi connectivity index (χ2n) is 5.92. The highest BCUT2D eigenvalue weighted by molar-refractivity contribution is 5.83. The van der Waals surface area contributed by atoms with Crippen LogP contribution in [0.2, 0.25) is 0 Å². The van der Waals surface area contributed by atoms with Crippen LogP contribution in [-0.4, -0.2) is 63.4 Å². The number of ether oxygens (including phenoxy) is 2. The van der Waals surface area contributed by atoms with E-state index in [1.54, 1.807) is 0 Å². The highest BCUT2D eigenvalue weighted by Gasteiger charge is 2.45. The fraction of sp³-hybridized carbons (Fsp3) is 0.938. The summed E-state index contributed by atoms with van der Waals surface area (Å²) in [6.07, 6.45) is 0.920. The summed E-state index contributed by atoms with van der Waals surface area (Å²) in [7, 11) is 0. The van der Waals surface area contributed by atoms with Gasteiger partial charge in [-0.25, -0.2) is 0 Å². The highest BCUT2D eigenvalue weighted by Crippen LogP contribution is 2.36. The highest BCUT2D eigenvalue weighted by atomic mass is 16.5. The number of amides is 1. The molecule has 0 aromatic carbocycles. The Labute approximate surface area is 129 Å². The maximum Gasteiger partial charge on any atom is 0.230 e. The molecule has 1 aliphatic rings. The first kappa shape index (κ1) is 18.4. The number of nitrogens with one attached hydrogen (secondary N) is 1. The van der Waals surface area contributed by atoms with Gasteiger partial charge in [-0.1, -0.05) is 13.8 Å². The zero-order chi connectivity index (χ0) is 15.7. The second kappa shape index (κ2) is 9.38. The number of hydrogen-bond acceptors (Lipinski definition) is 4. The molecule has 1 rings (SSSR count). The first-order chi connectivity index (χ1) is 10.1. The Hall–Kier alpha value is -0.650. The Bertz CT molecular complexity index is 292. The topological polar surface area (TPSA) is 50.8 Å². The zero-order valence-corrected chi connectivity index (χ0v) is 14.1. The molecule has 0 spiro atoms. The lowest BCUT2D eigenvalue weighted by Gasteiger charge is -2.36. The van der Waals surface area contributed by atoms with Gasteiger partial charge in [-0.2, -0.15) is 0 Å². The van der Waals surface area contributed by atoms with Crippen molar-refractivity contribution in [3.63, 3.8) is 0 Å². The van der Waals surface area contributed by atoms with E-state index >= 15 is 0 Å². The van der Waals surface area contributed by atoms with Crippen LogP contribution in [0.25, 0.3) is 0 Å². The Morgan fingerprint density at radius 3 is 2.14 bits per heavy atom. The summed E-state index contributed by atoms with van der Waals surface area (Å²) in [5.41, 5.74) is -0.265. The van der Waals surface area contributed by atoms with Crippen LogP contribution in [0.5, 0.6) is 0 Å². The van der Waals surface area contributed by atoms with Crippen molar-refractivity contribution in [3.05, 3.63) is 0 Å². The lowest BCUT2D eigenvalue weighted by molar-refractivity contribution is -0.145. The molecule has 0 radical (unpaired) electrons. The molecule has 0 aromatic heterocycles. The van der Waals surface area contributed by atoms with Crippen LogP contribution in [-0.2, 0) is 14.3 Å². The molecular formula is C16H32N2O3. The zero-order valence-electron chi connectivity index (χ0n) is 14.1. The van der Waals surface area contributed by atoms with Crippen LogP contribution < -0.4 is 5.32 Å². The maximum absolute atomic E-state index is 13.1. The third kappa shape index (κ3) is 4.94. The number of hydrogen-bond donors (Lipinski definition) is 1. The average Bonchev–Trinajstić information content (AvgIpc) is 2.96. The lowest BCUT2D eigenvalue weighted by Crippen LogP contribution is -2.50. The Morgan fingerprint density at radius 1 is 1.19 bits per heavy atom. The van der Waals surface area contributed by atoms with Crippen LogP contribution in [0.1, 0.15) is 34.1 Å². The summed E-state index contributed by atoms with van der Waals surface area (Å²) >= 11 is 0. The second-order valence-corrected chi connectivity index (χ2v) is 5.92. The van der Waals surface area contributed by atoms with E-state index in [-0.39, 0.29) is 11.3 Å². The summed E-state index contributed by atoms with van der Waals surface area (Å²) in [4.78, 5) is 15.0. The van der Waals surface area contributed by atoms with Gasteiger partial charge in [0.15, 0.2) is 0 Å². The van der Waals surface area contributed by atoms with E-state index in [9.17, 15) is 4.79 Å². The standard InChI is InChI=1S/C16H32N2O3/c1-5-20-11-9-18(10-12-21-6-2)15(19)16(14(3)4)7-8-17-13-16/h14,17H,5-13H2,1-4H3. The van der Waals surface area contributed by atoms with Crippen LogP contribution >= 0.6 is 0 Å². The molecule has 1 fully saturated rings. The molecule has 1 N–H and O–H groups in total. The van der Waals surface area contributed by atoms with Crippen molar-refractivity contribution in [1.29, 1.82) is 0 Å². The molecule has 1 saturated heterocycles. The monoisotopic (exact) mass is 300 g/mol. The van der Waals surface area contributed by atoms with E-state index < -0.39 is 0 Å². The Balaban J connectivity index is 2.71. The Kier molecular flexibility index (Phi) is 8.22. The molecule has 1 unspecified atom stereocenters. The van der Waals surface area contributed by atoms with Crippen molar-refractivity contribution >= 4 is 5.91 Å². The molecule has 5 nitrogen and oxygen atoms in total. The number of carbonyl (C=O) groups excluding carboxylic acids is 1. The van der Waals surface area contributed by atoms with E-state index in [0.29, 0.717) is 45.4 Å². The molecule has 0 bridgehead atoms. The van der Waals surface area contributed by atoms with Gasteiger partial charge in [0.05, 0.1) is 18.6 Å². The molecule has 1 amide bonds. The molecule has 1 atom stereocenters. The number of rotatable bonds is 10. The number of nitrogens with zero attached hydrogens (tertiary/aromatic N) is 1. The van der Waals surface area contributed by atoms with Gasteiger partial charge < -0.3 is 19.7 Å². The van der Waals surface area contributed by atoms with Gasteiger partial charge in [0.1, 0.15) is 0 Å². The summed E-state index contributed by atoms with van der Waals surface area (Å²) in [5.74, 6) is 0.587. The van der Waals surface area contributed by atoms with Crippen LogP contribution in [0.3, 0.4) is 0 Å². The normalized spacial score (nSPS) is 22.0. The van der Waals surface area contributed by atoms with Crippen LogP contribution in [0.4, 0.5) is 0 Å². The van der Waals surface area contributed by atoms with Crippen LogP contribution in [0, 0.1) is 11.3 Å². The quantitative estimate of drug-likeness (QED) is 0.622. The van der Waals surface area contributed by atoms with Gasteiger partial charge in [0, 0.05) is 32.8 Å². The van der Waals surface area contributed by atoms with Gasteiger partial charge in [-0.3, -0.25) is 4.79 Å².